The molecule has 0 saturated carbocycles. The monoisotopic (exact) mass is 364 g/mol. The highest BCUT2D eigenvalue weighted by atomic mass is 32.2. The van der Waals surface area contributed by atoms with Crippen molar-refractivity contribution in [1.29, 1.82) is 0 Å². The van der Waals surface area contributed by atoms with Crippen molar-refractivity contribution in [3.8, 4) is 5.88 Å². The second kappa shape index (κ2) is 7.29. The summed E-state index contributed by atoms with van der Waals surface area (Å²) >= 11 is 1.59. The molecule has 2 heterocycles. The molecule has 132 valence electrons. The number of pyridine rings is 1. The van der Waals surface area contributed by atoms with Gasteiger partial charge in [-0.25, -0.2) is 9.78 Å². The summed E-state index contributed by atoms with van der Waals surface area (Å²) < 4.78 is 40.9. The molecule has 0 unspecified atom stereocenters. The molecule has 24 heavy (non-hydrogen) atoms. The fourth-order valence-electron chi connectivity index (χ4n) is 2.17. The van der Waals surface area contributed by atoms with Crippen LogP contribution in [0.4, 0.5) is 13.2 Å². The van der Waals surface area contributed by atoms with E-state index in [1.165, 1.54) is 18.2 Å². The second-order valence-electron chi connectivity index (χ2n) is 5.22. The van der Waals surface area contributed by atoms with Gasteiger partial charge in [-0.3, -0.25) is 4.79 Å². The topological polar surface area (TPSA) is 88.5 Å². The number of nitrogens with zero attached hydrogens (tertiary/aromatic N) is 1. The fourth-order valence-corrected chi connectivity index (χ4v) is 3.36. The Kier molecular flexibility index (Phi) is 5.58. The third kappa shape index (κ3) is 4.76. The Hall–Kier alpha value is -1.97. The summed E-state index contributed by atoms with van der Waals surface area (Å²) in [6.45, 7) is -1.53. The number of hydrogen-bond donors (Lipinski definition) is 2. The summed E-state index contributed by atoms with van der Waals surface area (Å²) in [5.41, 5.74) is -1.58. The van der Waals surface area contributed by atoms with Gasteiger partial charge >= 0.3 is 12.1 Å². The van der Waals surface area contributed by atoms with Gasteiger partial charge in [0.25, 0.3) is 5.91 Å². The maximum Gasteiger partial charge on any atom is 0.422 e. The van der Waals surface area contributed by atoms with Gasteiger partial charge in [-0.15, -0.1) is 0 Å². The minimum Gasteiger partial charge on any atom is -0.480 e. The lowest BCUT2D eigenvalue weighted by molar-refractivity contribution is -0.154. The van der Waals surface area contributed by atoms with E-state index >= 15 is 0 Å². The molecule has 0 spiro atoms. The molecule has 1 aromatic heterocycles. The number of hydrogen-bond acceptors (Lipinski definition) is 5. The number of carboxylic acid groups (broad SMARTS) is 1. The number of nitrogens with one attached hydrogen (secondary N) is 1. The average molecular weight is 364 g/mol. The molecule has 0 radical (unpaired) electrons. The van der Waals surface area contributed by atoms with E-state index < -0.39 is 30.2 Å². The molecule has 0 aliphatic carbocycles. The molecule has 1 fully saturated rings. The first kappa shape index (κ1) is 18.4. The summed E-state index contributed by atoms with van der Waals surface area (Å²) in [5, 5.41) is 11.9. The maximum atomic E-state index is 12.3. The number of aromatic nitrogens is 1. The van der Waals surface area contributed by atoms with Crippen LogP contribution < -0.4 is 10.1 Å². The molecule has 1 amide bonds. The van der Waals surface area contributed by atoms with Crippen LogP contribution in [-0.4, -0.2) is 51.8 Å². The van der Waals surface area contributed by atoms with Crippen molar-refractivity contribution < 1.29 is 32.6 Å². The number of carbonyl (C=O) groups excluding carboxylic acids is 1. The van der Waals surface area contributed by atoms with Crippen LogP contribution in [0.2, 0.25) is 0 Å². The summed E-state index contributed by atoms with van der Waals surface area (Å²) in [5.74, 6) is -1.07. The Bertz CT molecular complexity index is 618. The van der Waals surface area contributed by atoms with Crippen LogP contribution in [-0.2, 0) is 4.79 Å². The number of rotatable bonds is 5. The van der Waals surface area contributed by atoms with Crippen LogP contribution >= 0.6 is 11.8 Å². The van der Waals surface area contributed by atoms with Crippen molar-refractivity contribution in [3.05, 3.63) is 23.9 Å². The van der Waals surface area contributed by atoms with E-state index in [-0.39, 0.29) is 24.4 Å². The smallest absolute Gasteiger partial charge is 0.422 e. The van der Waals surface area contributed by atoms with Gasteiger partial charge < -0.3 is 15.2 Å². The van der Waals surface area contributed by atoms with Gasteiger partial charge in [0.2, 0.25) is 5.88 Å². The summed E-state index contributed by atoms with van der Waals surface area (Å²) in [6, 6.07) is 3.79. The van der Waals surface area contributed by atoms with Crippen molar-refractivity contribution >= 4 is 23.6 Å². The van der Waals surface area contributed by atoms with E-state index in [1.807, 2.05) is 0 Å². The SMILES string of the molecule is O=C(NC1(C(=O)O)CCSCC1)c1cccc(OCC(F)(F)F)n1. The van der Waals surface area contributed by atoms with Crippen LogP contribution in [0, 0.1) is 0 Å². The van der Waals surface area contributed by atoms with Crippen molar-refractivity contribution in [2.45, 2.75) is 24.6 Å². The lowest BCUT2D eigenvalue weighted by atomic mass is 9.92. The van der Waals surface area contributed by atoms with Crippen LogP contribution in [0.3, 0.4) is 0 Å². The van der Waals surface area contributed by atoms with E-state index in [1.54, 1.807) is 11.8 Å². The van der Waals surface area contributed by atoms with Crippen LogP contribution in [0.1, 0.15) is 23.3 Å². The average Bonchev–Trinajstić information content (AvgIpc) is 2.53. The number of ether oxygens (including phenoxy) is 1. The molecule has 0 aromatic carbocycles. The molecule has 2 rings (SSSR count). The Morgan fingerprint density at radius 1 is 1.33 bits per heavy atom. The highest BCUT2D eigenvalue weighted by Crippen LogP contribution is 2.28. The van der Waals surface area contributed by atoms with Gasteiger partial charge in [0.15, 0.2) is 6.61 Å². The molecule has 6 nitrogen and oxygen atoms in total. The molecule has 2 N–H and O–H groups in total. The molecule has 1 saturated heterocycles. The molecular weight excluding hydrogens is 349 g/mol. The zero-order valence-corrected chi connectivity index (χ0v) is 13.2. The van der Waals surface area contributed by atoms with Crippen molar-refractivity contribution in [3.63, 3.8) is 0 Å². The highest BCUT2D eigenvalue weighted by molar-refractivity contribution is 7.99. The van der Waals surface area contributed by atoms with E-state index in [0.717, 1.165) is 0 Å². The van der Waals surface area contributed by atoms with Gasteiger partial charge in [0, 0.05) is 6.07 Å². The van der Waals surface area contributed by atoms with Gasteiger partial charge in [0.1, 0.15) is 11.2 Å². The van der Waals surface area contributed by atoms with E-state index in [2.05, 4.69) is 15.0 Å². The lowest BCUT2D eigenvalue weighted by Gasteiger charge is -2.33. The third-order valence-electron chi connectivity index (χ3n) is 3.45. The van der Waals surface area contributed by atoms with E-state index in [0.29, 0.717) is 11.5 Å². The van der Waals surface area contributed by atoms with Crippen LogP contribution in [0.5, 0.6) is 5.88 Å². The van der Waals surface area contributed by atoms with Gasteiger partial charge in [-0.05, 0) is 30.4 Å². The summed E-state index contributed by atoms with van der Waals surface area (Å²) in [4.78, 5) is 27.5. The van der Waals surface area contributed by atoms with Crippen LogP contribution in [0.15, 0.2) is 18.2 Å². The van der Waals surface area contributed by atoms with Gasteiger partial charge in [-0.1, -0.05) is 6.07 Å². The molecule has 1 aliphatic rings. The fraction of sp³-hybridized carbons (Fsp3) is 0.500. The first-order chi connectivity index (χ1) is 11.2. The van der Waals surface area contributed by atoms with E-state index in [4.69, 9.17) is 0 Å². The van der Waals surface area contributed by atoms with E-state index in [9.17, 15) is 27.9 Å². The van der Waals surface area contributed by atoms with Crippen molar-refractivity contribution in [2.24, 2.45) is 0 Å². The van der Waals surface area contributed by atoms with Crippen molar-refractivity contribution in [2.75, 3.05) is 18.1 Å². The van der Waals surface area contributed by atoms with Crippen LogP contribution in [0.25, 0.3) is 0 Å². The number of carbonyl (C=O) groups is 2. The summed E-state index contributed by atoms with van der Waals surface area (Å²) in [6.07, 6.45) is -3.99. The quantitative estimate of drug-likeness (QED) is 0.832. The third-order valence-corrected chi connectivity index (χ3v) is 4.43. The van der Waals surface area contributed by atoms with Gasteiger partial charge in [0.05, 0.1) is 0 Å². The predicted octanol–water partition coefficient (Wildman–Crippen LogP) is 2.10. The number of thioether (sulfide) groups is 1. The van der Waals surface area contributed by atoms with Crippen molar-refractivity contribution in [1.82, 2.24) is 10.3 Å². The Balaban J connectivity index is 2.10. The number of carboxylic acids is 1. The standard InChI is InChI=1S/C14H15F3N2O4S/c15-14(16,17)8-23-10-3-1-2-9(18-10)11(20)19-13(12(21)22)4-6-24-7-5-13/h1-3H,4-8H2,(H,19,20)(H,21,22). The Labute approximate surface area is 139 Å². The minimum atomic E-state index is -4.52. The number of alkyl halides is 3. The second-order valence-corrected chi connectivity index (χ2v) is 6.44. The Morgan fingerprint density at radius 2 is 2.00 bits per heavy atom. The normalized spacial score (nSPS) is 17.1. The molecule has 1 aromatic rings. The number of halogens is 3. The highest BCUT2D eigenvalue weighted by Gasteiger charge is 2.41. The largest absolute Gasteiger partial charge is 0.480 e. The zero-order valence-electron chi connectivity index (χ0n) is 12.4. The molecule has 0 atom stereocenters. The predicted molar refractivity (Wildman–Crippen MR) is 80.2 cm³/mol. The first-order valence-electron chi connectivity index (χ1n) is 7.02. The zero-order chi connectivity index (χ0) is 17.8. The minimum absolute atomic E-state index is 0.200. The Morgan fingerprint density at radius 3 is 2.58 bits per heavy atom. The maximum absolute atomic E-state index is 12.3. The molecule has 0 bridgehead atoms. The summed E-state index contributed by atoms with van der Waals surface area (Å²) in [7, 11) is 0. The first-order valence-corrected chi connectivity index (χ1v) is 8.18. The molecule has 1 aliphatic heterocycles. The number of aliphatic carboxylic acids is 1. The van der Waals surface area contributed by atoms with Gasteiger partial charge in [-0.2, -0.15) is 24.9 Å². The lowest BCUT2D eigenvalue weighted by Crippen LogP contribution is -2.56. The number of amides is 1. The molecular formula is C14H15F3N2O4S. The molecule has 10 heteroatoms.